The van der Waals surface area contributed by atoms with Crippen LogP contribution in [0.3, 0.4) is 0 Å². The molecule has 2 spiro atoms. The van der Waals surface area contributed by atoms with Gasteiger partial charge >= 0.3 is 17.9 Å². The molecule has 2 aliphatic heterocycles. The molecule has 2 saturated heterocycles. The van der Waals surface area contributed by atoms with Crippen molar-refractivity contribution >= 4 is 97.5 Å². The van der Waals surface area contributed by atoms with Gasteiger partial charge in [-0.3, -0.25) is 24.0 Å². The summed E-state index contributed by atoms with van der Waals surface area (Å²) in [5.41, 5.74) is 3.95. The molecule has 0 bridgehead atoms. The van der Waals surface area contributed by atoms with Gasteiger partial charge in [-0.1, -0.05) is 36.4 Å². The SMILES string of the molecule is COC(=O)C1CC(C#N)(c2cccs2)CCC1=O.COC(=O)CCC(C#N)(CCC(=O)OC)c1cccs1.N#CC1(c2cccs2)CCC(=O)CC1.N#CC1(c2cccs2)CCC2(CC1)OCCO2.N#CCc1cccs1.NCC1(c2cccs2)CCC2(CC1)OCCO2. The van der Waals surface area contributed by atoms with E-state index in [-0.39, 0.29) is 71.2 Å². The highest BCUT2D eigenvalue weighted by molar-refractivity contribution is 7.11. The van der Waals surface area contributed by atoms with Gasteiger partial charge in [0.1, 0.15) is 17.5 Å². The Morgan fingerprint density at radius 1 is 0.532 bits per heavy atom. The molecule has 24 heteroatoms. The summed E-state index contributed by atoms with van der Waals surface area (Å²) in [6, 6.07) is 35.4. The number of hydrogen-bond acceptors (Lipinski definition) is 24. The second kappa shape index (κ2) is 35.8. The predicted molar refractivity (Wildman–Crippen MR) is 362 cm³/mol. The van der Waals surface area contributed by atoms with Crippen LogP contribution in [-0.4, -0.2) is 95.4 Å². The average molecular weight is 1390 g/mol. The third-order valence-electron chi connectivity index (χ3n) is 18.4. The van der Waals surface area contributed by atoms with Gasteiger partial charge in [-0.2, -0.15) is 26.3 Å². The van der Waals surface area contributed by atoms with Crippen LogP contribution in [0.5, 0.6) is 0 Å². The van der Waals surface area contributed by atoms with Crippen LogP contribution in [0, 0.1) is 62.6 Å². The van der Waals surface area contributed by atoms with E-state index in [1.807, 2.05) is 92.8 Å². The molecule has 0 radical (unpaired) electrons. The fourth-order valence-electron chi connectivity index (χ4n) is 12.5. The fraction of sp³-hybridized carbons (Fsp3) is 0.514. The minimum Gasteiger partial charge on any atom is -0.469 e. The Kier molecular flexibility index (Phi) is 28.4. The zero-order valence-corrected chi connectivity index (χ0v) is 58.2. The van der Waals surface area contributed by atoms with Gasteiger partial charge in [-0.05, 0) is 133 Å². The summed E-state index contributed by atoms with van der Waals surface area (Å²) in [4.78, 5) is 63.8. The molecule has 498 valence electrons. The third kappa shape index (κ3) is 19.0. The van der Waals surface area contributed by atoms with Crippen LogP contribution in [0.2, 0.25) is 0 Å². The highest BCUT2D eigenvalue weighted by Crippen LogP contribution is 2.49. The van der Waals surface area contributed by atoms with Gasteiger partial charge in [0.15, 0.2) is 11.6 Å². The second-order valence-corrected chi connectivity index (χ2v) is 29.5. The van der Waals surface area contributed by atoms with E-state index in [2.05, 4.69) is 68.1 Å². The maximum Gasteiger partial charge on any atom is 0.316 e. The van der Waals surface area contributed by atoms with Crippen LogP contribution in [0.15, 0.2) is 105 Å². The number of thiophene rings is 6. The monoisotopic (exact) mass is 1390 g/mol. The number of nitrogens with zero attached hydrogens (tertiary/aromatic N) is 5. The van der Waals surface area contributed by atoms with Crippen LogP contribution < -0.4 is 5.73 Å². The Labute approximate surface area is 574 Å². The van der Waals surface area contributed by atoms with E-state index in [0.29, 0.717) is 70.4 Å². The number of carbonyl (C=O) groups is 5. The van der Waals surface area contributed by atoms with Crippen LogP contribution in [0.1, 0.15) is 151 Å². The lowest BCUT2D eigenvalue weighted by Crippen LogP contribution is -2.45. The first-order valence-electron chi connectivity index (χ1n) is 31.2. The second-order valence-electron chi connectivity index (χ2n) is 23.7. The maximum atomic E-state index is 11.8. The molecular formula is C70H80N6O12S6. The summed E-state index contributed by atoms with van der Waals surface area (Å²) in [7, 11) is 3.90. The van der Waals surface area contributed by atoms with Crippen molar-refractivity contribution in [2.75, 3.05) is 54.3 Å². The Morgan fingerprint density at radius 3 is 1.35 bits per heavy atom. The van der Waals surface area contributed by atoms with Gasteiger partial charge in [0.05, 0.1) is 106 Å². The van der Waals surface area contributed by atoms with Crippen molar-refractivity contribution in [3.8, 4) is 30.3 Å². The smallest absolute Gasteiger partial charge is 0.316 e. The van der Waals surface area contributed by atoms with E-state index in [9.17, 15) is 45.0 Å². The molecule has 94 heavy (non-hydrogen) atoms. The Bertz CT molecular complexity index is 3490. The first-order valence-corrected chi connectivity index (χ1v) is 36.5. The van der Waals surface area contributed by atoms with Crippen molar-refractivity contribution in [3.05, 3.63) is 134 Å². The molecule has 0 amide bonds. The van der Waals surface area contributed by atoms with Gasteiger partial charge in [0, 0.05) is 99.0 Å². The number of nitriles is 5. The molecule has 4 saturated carbocycles. The molecule has 6 aromatic heterocycles. The number of nitrogens with two attached hydrogens (primary N) is 1. The summed E-state index contributed by atoms with van der Waals surface area (Å²) >= 11 is 9.68. The lowest BCUT2D eigenvalue weighted by molar-refractivity contribution is -0.184. The highest BCUT2D eigenvalue weighted by atomic mass is 32.1. The van der Waals surface area contributed by atoms with Crippen LogP contribution in [0.25, 0.3) is 0 Å². The van der Waals surface area contributed by atoms with Crippen molar-refractivity contribution in [2.45, 2.75) is 167 Å². The standard InChI is InChI=1S/C14H17NO4S.C13H13NO3S.C13H19NO2S.C13H15NO2S.C11H11NOS.C6H5NS/c1-18-12(16)5-7-14(10-15,8-6-13(17)19-2)11-4-3-9-20-11;1-17-12(16)9-7-13(8-14,5-4-10(9)15)11-3-2-6-18-11;2*14-10-12(11-2-1-9-17-11)3-5-13(6-4-12)15-7-8-16-13;12-8-11(10-2-1-7-14-10)5-3-9(13)4-6-11;7-4-3-6-2-1-5-8-6/h3-4,9H,5-8H2,1-2H3;2-3,6,9H,4-5,7H2,1H3;1-2,9H,3-8,10,14H2;1-2,9H,3-8H2;1-2,7H,3-6H2;1-2,5H,3H2. The summed E-state index contributed by atoms with van der Waals surface area (Å²) < 4.78 is 36.9. The van der Waals surface area contributed by atoms with E-state index >= 15 is 0 Å². The number of rotatable bonds is 14. The van der Waals surface area contributed by atoms with Crippen molar-refractivity contribution in [2.24, 2.45) is 11.7 Å². The van der Waals surface area contributed by atoms with Crippen LogP contribution in [-0.2, 0) is 90.6 Å². The summed E-state index contributed by atoms with van der Waals surface area (Å²) in [6.07, 6.45) is 12.4. The average Bonchev–Trinajstić information content (AvgIpc) is 1.71. The largest absolute Gasteiger partial charge is 0.469 e. The van der Waals surface area contributed by atoms with Crippen molar-refractivity contribution < 1.29 is 57.1 Å². The minimum absolute atomic E-state index is 0.121. The maximum absolute atomic E-state index is 11.8. The molecule has 12 rings (SSSR count). The Balaban J connectivity index is 0.000000162. The third-order valence-corrected chi connectivity index (χ3v) is 24.7. The number of ether oxygens (including phenoxy) is 7. The molecule has 6 aromatic rings. The molecule has 18 nitrogen and oxygen atoms in total. The van der Waals surface area contributed by atoms with Crippen LogP contribution >= 0.6 is 68.0 Å². The van der Waals surface area contributed by atoms with E-state index < -0.39 is 22.7 Å². The van der Waals surface area contributed by atoms with Crippen molar-refractivity contribution in [1.29, 1.82) is 26.3 Å². The quantitative estimate of drug-likeness (QED) is 0.0602. The first-order chi connectivity index (χ1) is 45.5. The number of ketones is 2. The molecule has 0 aromatic carbocycles. The van der Waals surface area contributed by atoms with Gasteiger partial charge < -0.3 is 38.9 Å². The molecule has 6 fully saturated rings. The summed E-state index contributed by atoms with van der Waals surface area (Å²) in [5.74, 6) is -2.54. The molecule has 2 unspecified atom stereocenters. The predicted octanol–water partition coefficient (Wildman–Crippen LogP) is 14.0. The Morgan fingerprint density at radius 2 is 0.957 bits per heavy atom. The zero-order chi connectivity index (χ0) is 67.6. The van der Waals surface area contributed by atoms with E-state index in [1.54, 1.807) is 34.0 Å². The van der Waals surface area contributed by atoms with Gasteiger partial charge in [-0.15, -0.1) is 68.0 Å². The molecule has 4 aliphatic carbocycles. The molecule has 2 N–H and O–H groups in total. The number of esters is 3. The summed E-state index contributed by atoms with van der Waals surface area (Å²) in [5, 5.41) is 57.9. The molecular weight excluding hydrogens is 1310 g/mol. The van der Waals surface area contributed by atoms with E-state index in [0.717, 1.165) is 90.6 Å². The van der Waals surface area contributed by atoms with E-state index in [4.69, 9.17) is 29.9 Å². The lowest BCUT2D eigenvalue weighted by atomic mass is 9.69. The topological polar surface area (TPSA) is 295 Å². The van der Waals surface area contributed by atoms with Crippen molar-refractivity contribution in [1.82, 2.24) is 0 Å². The molecule has 6 aliphatic rings. The number of hydrogen-bond donors (Lipinski definition) is 1. The molecule has 8 heterocycles. The number of methoxy groups -OCH3 is 3. The van der Waals surface area contributed by atoms with Crippen molar-refractivity contribution in [3.63, 3.8) is 0 Å². The minimum atomic E-state index is -0.851. The van der Waals surface area contributed by atoms with E-state index in [1.165, 1.54) is 53.8 Å². The first kappa shape index (κ1) is 74.6. The lowest BCUT2D eigenvalue weighted by Gasteiger charge is -2.42. The molecule has 2 atom stereocenters. The fourth-order valence-corrected chi connectivity index (χ4v) is 17.9. The number of Topliss-reactive ketones (excluding diaryl/α,β-unsaturated/α-hetero) is 2. The zero-order valence-electron chi connectivity index (χ0n) is 53.3. The Hall–Kier alpha value is -6.80. The van der Waals surface area contributed by atoms with Crippen LogP contribution in [0.4, 0.5) is 0 Å². The van der Waals surface area contributed by atoms with Gasteiger partial charge in [0.25, 0.3) is 0 Å². The van der Waals surface area contributed by atoms with Gasteiger partial charge in [0.2, 0.25) is 0 Å². The van der Waals surface area contributed by atoms with Gasteiger partial charge in [-0.25, -0.2) is 0 Å². The summed E-state index contributed by atoms with van der Waals surface area (Å²) in [6.45, 7) is 3.60. The highest BCUT2D eigenvalue weighted by Gasteiger charge is 2.50. The normalized spacial score (nSPS) is 21.8. The number of carbonyl (C=O) groups excluding carboxylic acids is 5.